The van der Waals surface area contributed by atoms with E-state index in [2.05, 4.69) is 6.92 Å². The van der Waals surface area contributed by atoms with Gasteiger partial charge in [0.05, 0.1) is 0 Å². The molecule has 0 rings (SSSR count). The number of alkyl halides is 2. The summed E-state index contributed by atoms with van der Waals surface area (Å²) in [5.74, 6) is -5.73. The minimum Gasteiger partial charge on any atom is -0.480 e. The second-order valence-electron chi connectivity index (χ2n) is 6.12. The number of rotatable bonds is 14. The van der Waals surface area contributed by atoms with Gasteiger partial charge in [-0.3, -0.25) is 4.79 Å². The third-order valence-electron chi connectivity index (χ3n) is 3.96. The molecule has 24 heavy (non-hydrogen) atoms. The molecule has 0 aromatic rings. The molecule has 0 spiro atoms. The van der Waals surface area contributed by atoms with Crippen molar-refractivity contribution in [2.45, 2.75) is 88.9 Å². The van der Waals surface area contributed by atoms with Crippen molar-refractivity contribution < 1.29 is 28.9 Å². The summed E-state index contributed by atoms with van der Waals surface area (Å²) < 4.78 is 27.4. The first-order valence-electron chi connectivity index (χ1n) is 8.62. The summed E-state index contributed by atoms with van der Waals surface area (Å²) in [6, 6.07) is -2.15. The second-order valence-corrected chi connectivity index (χ2v) is 6.12. The topological polar surface area (TPSA) is 104 Å². The maximum atomic E-state index is 13.7. The Morgan fingerprint density at radius 1 is 1.08 bits per heavy atom. The molecule has 3 unspecified atom stereocenters. The Balaban J connectivity index is 4.01. The fourth-order valence-electron chi connectivity index (χ4n) is 2.29. The van der Waals surface area contributed by atoms with Crippen molar-refractivity contribution >= 4 is 5.97 Å². The number of hydrogen-bond donors (Lipinski definition) is 4. The smallest absolute Gasteiger partial charge is 0.323 e. The molecule has 0 radical (unpaired) electrons. The maximum Gasteiger partial charge on any atom is 0.323 e. The van der Waals surface area contributed by atoms with E-state index in [0.717, 1.165) is 25.7 Å². The molecule has 0 saturated heterocycles. The van der Waals surface area contributed by atoms with E-state index < -0.39 is 30.1 Å². The van der Waals surface area contributed by atoms with Crippen LogP contribution in [0.2, 0.25) is 0 Å². The molecule has 0 saturated carbocycles. The van der Waals surface area contributed by atoms with E-state index in [4.69, 9.17) is 10.8 Å². The van der Waals surface area contributed by atoms with Gasteiger partial charge in [-0.05, 0) is 19.3 Å². The van der Waals surface area contributed by atoms with Crippen molar-refractivity contribution in [2.24, 2.45) is 5.73 Å². The Labute approximate surface area is 142 Å². The lowest BCUT2D eigenvalue weighted by Gasteiger charge is -2.28. The quantitative estimate of drug-likeness (QED) is 0.285. The fourth-order valence-corrected chi connectivity index (χ4v) is 2.29. The Morgan fingerprint density at radius 2 is 1.62 bits per heavy atom. The summed E-state index contributed by atoms with van der Waals surface area (Å²) in [5, 5.41) is 27.3. The molecule has 0 aromatic heterocycles. The zero-order valence-electron chi connectivity index (χ0n) is 14.3. The number of halogens is 2. The second kappa shape index (κ2) is 12.3. The van der Waals surface area contributed by atoms with Crippen molar-refractivity contribution in [2.75, 3.05) is 0 Å². The van der Waals surface area contributed by atoms with Crippen molar-refractivity contribution in [3.8, 4) is 0 Å². The number of hydrogen-bond acceptors (Lipinski definition) is 4. The van der Waals surface area contributed by atoms with Gasteiger partial charge in [-0.15, -0.1) is 0 Å². The van der Waals surface area contributed by atoms with Crippen molar-refractivity contribution in [1.29, 1.82) is 0 Å². The van der Waals surface area contributed by atoms with Gasteiger partial charge >= 0.3 is 11.9 Å². The Hall–Kier alpha value is -1.05. The van der Waals surface area contributed by atoms with E-state index in [9.17, 15) is 23.8 Å². The van der Waals surface area contributed by atoms with E-state index in [1.165, 1.54) is 31.8 Å². The minimum absolute atomic E-state index is 0.368. The molecule has 142 valence electrons. The zero-order valence-corrected chi connectivity index (χ0v) is 14.3. The van der Waals surface area contributed by atoms with Gasteiger partial charge in [0.25, 0.3) is 0 Å². The average molecular weight is 351 g/mol. The van der Waals surface area contributed by atoms with Gasteiger partial charge in [0.15, 0.2) is 0 Å². The molecule has 0 aromatic carbocycles. The third kappa shape index (κ3) is 8.70. The van der Waals surface area contributed by atoms with Crippen LogP contribution in [0.3, 0.4) is 0 Å². The normalized spacial score (nSPS) is 16.2. The van der Waals surface area contributed by atoms with Gasteiger partial charge in [-0.2, -0.15) is 0 Å². The van der Waals surface area contributed by atoms with Crippen molar-refractivity contribution in [3.63, 3.8) is 0 Å². The Bertz CT molecular complexity index is 378. The molecule has 0 aliphatic heterocycles. The predicted octanol–water partition coefficient (Wildman–Crippen LogP) is 2.84. The SMILES string of the molecule is CCCCCCCCCC=CCC(O)C(F)(F)C(O)C(N)C(=O)O. The van der Waals surface area contributed by atoms with Crippen LogP contribution in [0, 0.1) is 0 Å². The average Bonchev–Trinajstić information content (AvgIpc) is 2.54. The van der Waals surface area contributed by atoms with Gasteiger partial charge in [-0.1, -0.05) is 57.6 Å². The van der Waals surface area contributed by atoms with Gasteiger partial charge in [0.1, 0.15) is 18.2 Å². The molecular weight excluding hydrogens is 320 g/mol. The van der Waals surface area contributed by atoms with E-state index in [1.807, 2.05) is 0 Å². The number of unbranched alkanes of at least 4 members (excludes halogenated alkanes) is 7. The summed E-state index contributed by atoms with van der Waals surface area (Å²) in [6.45, 7) is 2.16. The van der Waals surface area contributed by atoms with E-state index in [0.29, 0.717) is 0 Å². The van der Waals surface area contributed by atoms with E-state index in [1.54, 1.807) is 6.08 Å². The van der Waals surface area contributed by atoms with E-state index in [-0.39, 0.29) is 6.42 Å². The molecule has 0 heterocycles. The molecule has 0 fully saturated rings. The van der Waals surface area contributed by atoms with Gasteiger partial charge in [0.2, 0.25) is 0 Å². The van der Waals surface area contributed by atoms with Crippen LogP contribution in [0.5, 0.6) is 0 Å². The molecule has 0 bridgehead atoms. The lowest BCUT2D eigenvalue weighted by Crippen LogP contribution is -2.56. The van der Waals surface area contributed by atoms with Crippen LogP contribution in [0.25, 0.3) is 0 Å². The molecular formula is C17H31F2NO4. The number of allylic oxidation sites excluding steroid dienone is 1. The van der Waals surface area contributed by atoms with Crippen LogP contribution in [-0.2, 0) is 4.79 Å². The maximum absolute atomic E-state index is 13.7. The first kappa shape index (κ1) is 22.9. The highest BCUT2D eigenvalue weighted by Crippen LogP contribution is 2.27. The van der Waals surface area contributed by atoms with Crippen LogP contribution in [0.1, 0.15) is 64.7 Å². The molecule has 0 aliphatic carbocycles. The van der Waals surface area contributed by atoms with Gasteiger partial charge in [-0.25, -0.2) is 8.78 Å². The summed E-state index contributed by atoms with van der Waals surface area (Å²) in [4.78, 5) is 10.5. The molecule has 7 heteroatoms. The highest BCUT2D eigenvalue weighted by atomic mass is 19.3. The molecule has 0 aliphatic rings. The first-order chi connectivity index (χ1) is 11.2. The highest BCUT2D eigenvalue weighted by molar-refractivity contribution is 5.74. The van der Waals surface area contributed by atoms with Crippen LogP contribution in [0.4, 0.5) is 8.78 Å². The lowest BCUT2D eigenvalue weighted by atomic mass is 9.98. The molecule has 5 N–H and O–H groups in total. The third-order valence-corrected chi connectivity index (χ3v) is 3.96. The lowest BCUT2D eigenvalue weighted by molar-refractivity contribution is -0.187. The molecule has 0 amide bonds. The van der Waals surface area contributed by atoms with Crippen LogP contribution in [-0.4, -0.2) is 45.5 Å². The number of aliphatic hydroxyl groups is 2. The van der Waals surface area contributed by atoms with Crippen molar-refractivity contribution in [1.82, 2.24) is 0 Å². The molecule has 5 nitrogen and oxygen atoms in total. The summed E-state index contributed by atoms with van der Waals surface area (Å²) >= 11 is 0. The summed E-state index contributed by atoms with van der Waals surface area (Å²) in [5.41, 5.74) is 4.98. The van der Waals surface area contributed by atoms with E-state index >= 15 is 0 Å². The number of aliphatic carboxylic acids is 1. The predicted molar refractivity (Wildman–Crippen MR) is 88.9 cm³/mol. The Kier molecular flexibility index (Phi) is 11.8. The van der Waals surface area contributed by atoms with Gasteiger partial charge in [0, 0.05) is 0 Å². The summed E-state index contributed by atoms with van der Waals surface area (Å²) in [6.07, 6.45) is 6.82. The summed E-state index contributed by atoms with van der Waals surface area (Å²) in [7, 11) is 0. The Morgan fingerprint density at radius 3 is 2.17 bits per heavy atom. The number of carboxylic acids is 1. The number of nitrogens with two attached hydrogens (primary N) is 1. The highest BCUT2D eigenvalue weighted by Gasteiger charge is 2.49. The monoisotopic (exact) mass is 351 g/mol. The first-order valence-corrected chi connectivity index (χ1v) is 8.62. The number of aliphatic hydroxyl groups excluding tert-OH is 2. The zero-order chi connectivity index (χ0) is 18.6. The largest absolute Gasteiger partial charge is 0.480 e. The van der Waals surface area contributed by atoms with Crippen LogP contribution >= 0.6 is 0 Å². The van der Waals surface area contributed by atoms with Crippen molar-refractivity contribution in [3.05, 3.63) is 12.2 Å². The number of carboxylic acid groups (broad SMARTS) is 1. The van der Waals surface area contributed by atoms with Crippen LogP contribution in [0.15, 0.2) is 12.2 Å². The van der Waals surface area contributed by atoms with Gasteiger partial charge < -0.3 is 21.1 Å². The fraction of sp³-hybridized carbons (Fsp3) is 0.824. The van der Waals surface area contributed by atoms with Crippen LogP contribution < -0.4 is 5.73 Å². The standard InChI is InChI=1S/C17H31F2NO4/c1-2-3-4-5-6-7-8-9-10-11-12-13(21)17(18,19)15(22)14(20)16(23)24/h10-11,13-15,21-22H,2-9,12,20H2,1H3,(H,23,24). The minimum atomic E-state index is -3.98. The molecule has 3 atom stereocenters. The number of carbonyl (C=O) groups is 1.